The maximum absolute atomic E-state index is 13.4. The minimum absolute atomic E-state index is 0.104. The highest BCUT2D eigenvalue weighted by atomic mass is 35.5. The summed E-state index contributed by atoms with van der Waals surface area (Å²) < 4.78 is 0. The number of hydrogen-bond donors (Lipinski definition) is 3. The number of halogens is 1. The Labute approximate surface area is 185 Å². The second-order valence-electron chi connectivity index (χ2n) is 7.28. The lowest BCUT2D eigenvalue weighted by molar-refractivity contribution is -0.140. The second-order valence-corrected chi connectivity index (χ2v) is 7.68. The molecule has 1 atom stereocenters. The van der Waals surface area contributed by atoms with E-state index in [4.69, 9.17) is 11.6 Å². The monoisotopic (exact) mass is 435 g/mol. The van der Waals surface area contributed by atoms with Gasteiger partial charge in [-0.2, -0.15) is 0 Å². The fraction of sp³-hybridized carbons (Fsp3) is 0.167. The number of urea groups is 1. The maximum atomic E-state index is 13.4. The van der Waals surface area contributed by atoms with Crippen LogP contribution in [0.15, 0.2) is 72.8 Å². The van der Waals surface area contributed by atoms with E-state index >= 15 is 0 Å². The van der Waals surface area contributed by atoms with Crippen molar-refractivity contribution in [1.29, 1.82) is 0 Å². The molecule has 158 valence electrons. The van der Waals surface area contributed by atoms with Crippen LogP contribution in [0.4, 0.5) is 16.2 Å². The Morgan fingerprint density at radius 3 is 2.45 bits per heavy atom. The molecule has 0 aromatic heterocycles. The molecule has 6 nitrogen and oxygen atoms in total. The molecule has 0 spiro atoms. The normalized spacial score (nSPS) is 17.6. The number of anilines is 2. The van der Waals surface area contributed by atoms with E-state index in [1.54, 1.807) is 54.6 Å². The van der Waals surface area contributed by atoms with Gasteiger partial charge in [-0.3, -0.25) is 9.69 Å². The minimum atomic E-state index is -2.24. The Balaban J connectivity index is 1.75. The molecule has 3 amide bonds. The third-order valence-corrected chi connectivity index (χ3v) is 5.76. The molecule has 0 aliphatic carbocycles. The van der Waals surface area contributed by atoms with Gasteiger partial charge in [0.2, 0.25) is 0 Å². The Bertz CT molecular complexity index is 1130. The quantitative estimate of drug-likeness (QED) is 0.555. The van der Waals surface area contributed by atoms with E-state index in [9.17, 15) is 14.7 Å². The van der Waals surface area contributed by atoms with Crippen LogP contribution in [0.25, 0.3) is 0 Å². The zero-order valence-electron chi connectivity index (χ0n) is 16.9. The first-order valence-electron chi connectivity index (χ1n) is 9.99. The SMILES string of the molecule is CCc1ccc(N2C(=O)Nc3ccccc3C2(O)C(=O)NCc2ccccc2Cl)cc1. The van der Waals surface area contributed by atoms with Crippen LogP contribution in [0, 0.1) is 0 Å². The molecule has 1 heterocycles. The highest BCUT2D eigenvalue weighted by Crippen LogP contribution is 2.39. The highest BCUT2D eigenvalue weighted by Gasteiger charge is 2.51. The van der Waals surface area contributed by atoms with E-state index in [-0.39, 0.29) is 12.1 Å². The summed E-state index contributed by atoms with van der Waals surface area (Å²) in [6.07, 6.45) is 0.831. The Morgan fingerprint density at radius 2 is 1.74 bits per heavy atom. The highest BCUT2D eigenvalue weighted by molar-refractivity contribution is 6.31. The molecule has 1 unspecified atom stereocenters. The average molecular weight is 436 g/mol. The van der Waals surface area contributed by atoms with Crippen LogP contribution in [-0.2, 0) is 23.5 Å². The van der Waals surface area contributed by atoms with Crippen LogP contribution in [0.2, 0.25) is 5.02 Å². The van der Waals surface area contributed by atoms with Gasteiger partial charge in [-0.15, -0.1) is 0 Å². The lowest BCUT2D eigenvalue weighted by Crippen LogP contribution is -2.62. The van der Waals surface area contributed by atoms with Crippen LogP contribution in [-0.4, -0.2) is 17.0 Å². The lowest BCUT2D eigenvalue weighted by Gasteiger charge is -2.42. The van der Waals surface area contributed by atoms with Crippen molar-refractivity contribution >= 4 is 34.9 Å². The number of nitrogens with one attached hydrogen (secondary N) is 2. The Kier molecular flexibility index (Phi) is 5.67. The van der Waals surface area contributed by atoms with Gasteiger partial charge in [0, 0.05) is 22.8 Å². The average Bonchev–Trinajstić information content (AvgIpc) is 2.78. The summed E-state index contributed by atoms with van der Waals surface area (Å²) in [5.74, 6) is -0.728. The molecule has 0 radical (unpaired) electrons. The number of nitrogens with zero attached hydrogens (tertiary/aromatic N) is 1. The second kappa shape index (κ2) is 8.41. The number of hydrogen-bond acceptors (Lipinski definition) is 3. The Hall–Kier alpha value is -3.35. The molecule has 0 saturated heterocycles. The van der Waals surface area contributed by atoms with Gasteiger partial charge >= 0.3 is 6.03 Å². The van der Waals surface area contributed by atoms with Crippen molar-refractivity contribution in [1.82, 2.24) is 5.32 Å². The summed E-state index contributed by atoms with van der Waals surface area (Å²) in [5.41, 5.74) is 0.602. The maximum Gasteiger partial charge on any atom is 0.329 e. The van der Waals surface area contributed by atoms with Crippen molar-refractivity contribution in [3.8, 4) is 0 Å². The largest absolute Gasteiger partial charge is 0.359 e. The van der Waals surface area contributed by atoms with Gasteiger partial charge in [-0.1, -0.05) is 67.1 Å². The van der Waals surface area contributed by atoms with Gasteiger partial charge in [0.05, 0.1) is 5.69 Å². The number of amides is 3. The number of aliphatic hydroxyl groups is 1. The van der Waals surface area contributed by atoms with Gasteiger partial charge in [-0.05, 0) is 41.8 Å². The third-order valence-electron chi connectivity index (χ3n) is 5.39. The first-order chi connectivity index (χ1) is 14.9. The minimum Gasteiger partial charge on any atom is -0.359 e. The van der Waals surface area contributed by atoms with Crippen molar-refractivity contribution in [2.24, 2.45) is 0 Å². The third kappa shape index (κ3) is 3.76. The van der Waals surface area contributed by atoms with E-state index in [0.717, 1.165) is 16.9 Å². The first kappa shape index (κ1) is 20.9. The number of benzene rings is 3. The molecule has 3 aromatic rings. The molecule has 1 aliphatic heterocycles. The lowest BCUT2D eigenvalue weighted by atomic mass is 9.94. The van der Waals surface area contributed by atoms with Crippen molar-refractivity contribution < 1.29 is 14.7 Å². The summed E-state index contributed by atoms with van der Waals surface area (Å²) in [7, 11) is 0. The zero-order chi connectivity index (χ0) is 22.0. The van der Waals surface area contributed by atoms with E-state index in [1.807, 2.05) is 25.1 Å². The van der Waals surface area contributed by atoms with Crippen LogP contribution in [0.1, 0.15) is 23.6 Å². The number of carbonyl (C=O) groups excluding carboxylic acids is 2. The van der Waals surface area contributed by atoms with Crippen LogP contribution >= 0.6 is 11.6 Å². The number of rotatable bonds is 5. The first-order valence-corrected chi connectivity index (χ1v) is 10.4. The fourth-order valence-electron chi connectivity index (χ4n) is 3.68. The molecule has 7 heteroatoms. The van der Waals surface area contributed by atoms with Crippen molar-refractivity contribution in [3.05, 3.63) is 94.5 Å². The van der Waals surface area contributed by atoms with Crippen molar-refractivity contribution in [2.45, 2.75) is 25.6 Å². The van der Waals surface area contributed by atoms with Crippen LogP contribution < -0.4 is 15.5 Å². The molecule has 31 heavy (non-hydrogen) atoms. The number of para-hydroxylation sites is 1. The molecule has 0 saturated carbocycles. The van der Waals surface area contributed by atoms with Crippen LogP contribution in [0.5, 0.6) is 0 Å². The fourth-order valence-corrected chi connectivity index (χ4v) is 3.89. The van der Waals surface area contributed by atoms with Crippen molar-refractivity contribution in [3.63, 3.8) is 0 Å². The summed E-state index contributed by atoms with van der Waals surface area (Å²) in [5, 5.41) is 17.8. The van der Waals surface area contributed by atoms with Crippen molar-refractivity contribution in [2.75, 3.05) is 10.2 Å². The molecule has 4 rings (SSSR count). The molecule has 3 aromatic carbocycles. The smallest absolute Gasteiger partial charge is 0.329 e. The van der Waals surface area contributed by atoms with Gasteiger partial charge in [0.15, 0.2) is 0 Å². The molecule has 3 N–H and O–H groups in total. The Morgan fingerprint density at radius 1 is 1.06 bits per heavy atom. The van der Waals surface area contributed by atoms with Gasteiger partial charge in [-0.25, -0.2) is 4.79 Å². The topological polar surface area (TPSA) is 81.7 Å². The van der Waals surface area contributed by atoms with Gasteiger partial charge in [0.25, 0.3) is 11.6 Å². The number of carbonyl (C=O) groups is 2. The van der Waals surface area contributed by atoms with Gasteiger partial charge < -0.3 is 15.7 Å². The summed E-state index contributed by atoms with van der Waals surface area (Å²) in [6, 6.07) is 20.4. The molecular weight excluding hydrogens is 414 g/mol. The standard InChI is InChI=1S/C24H22ClN3O3/c1-2-16-11-13-18(14-12-16)28-23(30)27-21-10-6-4-8-19(21)24(28,31)22(29)26-15-17-7-3-5-9-20(17)25/h3-14,31H,2,15H2,1H3,(H,26,29)(H,27,30). The number of fused-ring (bicyclic) bond motifs is 1. The zero-order valence-corrected chi connectivity index (χ0v) is 17.7. The molecule has 0 bridgehead atoms. The van der Waals surface area contributed by atoms with E-state index in [1.165, 1.54) is 0 Å². The molecule has 0 fully saturated rings. The predicted octanol–water partition coefficient (Wildman–Crippen LogP) is 4.42. The molecular formula is C24H22ClN3O3. The van der Waals surface area contributed by atoms with E-state index in [0.29, 0.717) is 22.0 Å². The van der Waals surface area contributed by atoms with E-state index < -0.39 is 17.7 Å². The summed E-state index contributed by atoms with van der Waals surface area (Å²) in [6.45, 7) is 2.13. The van der Waals surface area contributed by atoms with E-state index in [2.05, 4.69) is 10.6 Å². The summed E-state index contributed by atoms with van der Waals surface area (Å²) in [4.78, 5) is 27.5. The van der Waals surface area contributed by atoms with Crippen LogP contribution in [0.3, 0.4) is 0 Å². The van der Waals surface area contributed by atoms with Gasteiger partial charge in [0.1, 0.15) is 0 Å². The number of aryl methyl sites for hydroxylation is 1. The summed E-state index contributed by atoms with van der Waals surface area (Å²) >= 11 is 6.20. The molecule has 1 aliphatic rings. The predicted molar refractivity (Wildman–Crippen MR) is 121 cm³/mol.